The number of carbonyl (C=O) groups excluding carboxylic acids is 2. The molecule has 4 aromatic rings. The van der Waals surface area contributed by atoms with E-state index in [1.807, 2.05) is 66.7 Å². The van der Waals surface area contributed by atoms with Crippen LogP contribution in [0.4, 0.5) is 5.69 Å². The second-order valence-electron chi connectivity index (χ2n) is 7.98. The summed E-state index contributed by atoms with van der Waals surface area (Å²) >= 11 is 12.4. The predicted octanol–water partition coefficient (Wildman–Crippen LogP) is 6.09. The van der Waals surface area contributed by atoms with Crippen LogP contribution in [0.3, 0.4) is 0 Å². The number of rotatable bonds is 8. The van der Waals surface area contributed by atoms with E-state index in [1.54, 1.807) is 35.5 Å². The summed E-state index contributed by atoms with van der Waals surface area (Å²) in [6.45, 7) is 0.811. The highest BCUT2D eigenvalue weighted by Gasteiger charge is 2.21. The molecule has 0 saturated heterocycles. The van der Waals surface area contributed by atoms with Crippen molar-refractivity contribution >= 4 is 40.7 Å². The van der Waals surface area contributed by atoms with Crippen LogP contribution in [-0.4, -0.2) is 16.8 Å². The number of hydrogen-bond donors (Lipinski definition) is 1. The lowest BCUT2D eigenvalue weighted by molar-refractivity contribution is -0.120. The molecular formula is C28H23Cl2N3O2. The smallest absolute Gasteiger partial charge is 0.260 e. The van der Waals surface area contributed by atoms with Gasteiger partial charge in [-0.25, -0.2) is 0 Å². The van der Waals surface area contributed by atoms with Gasteiger partial charge in [0.2, 0.25) is 5.91 Å². The minimum atomic E-state index is -0.238. The summed E-state index contributed by atoms with van der Waals surface area (Å²) in [5, 5.41) is 3.67. The molecule has 7 heteroatoms. The Balaban J connectivity index is 1.51. The average Bonchev–Trinajstić information content (AvgIpc) is 2.87. The SMILES string of the molecule is O=C(Cc1ccc(N(Cc2ccccc2)C(=O)c2ccc(Cl)cc2Cl)cc1)NCc1ccncc1. The van der Waals surface area contributed by atoms with Crippen LogP contribution in [-0.2, 0) is 24.3 Å². The molecule has 0 atom stereocenters. The fourth-order valence-corrected chi connectivity index (χ4v) is 4.09. The Morgan fingerprint density at radius 3 is 2.20 bits per heavy atom. The van der Waals surface area contributed by atoms with E-state index in [-0.39, 0.29) is 18.2 Å². The van der Waals surface area contributed by atoms with Crippen molar-refractivity contribution < 1.29 is 9.59 Å². The van der Waals surface area contributed by atoms with E-state index in [9.17, 15) is 9.59 Å². The number of anilines is 1. The number of nitrogens with one attached hydrogen (secondary N) is 1. The quantitative estimate of drug-likeness (QED) is 0.316. The maximum atomic E-state index is 13.5. The summed E-state index contributed by atoms with van der Waals surface area (Å²) in [6.07, 6.45) is 3.63. The van der Waals surface area contributed by atoms with Gasteiger partial charge >= 0.3 is 0 Å². The highest BCUT2D eigenvalue weighted by Crippen LogP contribution is 2.26. The first-order chi connectivity index (χ1) is 17.0. The molecule has 0 saturated carbocycles. The van der Waals surface area contributed by atoms with Crippen LogP contribution in [0.25, 0.3) is 0 Å². The third-order valence-corrected chi connectivity index (χ3v) is 5.99. The maximum absolute atomic E-state index is 13.5. The molecule has 4 rings (SSSR count). The van der Waals surface area contributed by atoms with Crippen molar-refractivity contribution in [2.24, 2.45) is 0 Å². The molecule has 0 aliphatic heterocycles. The molecule has 5 nitrogen and oxygen atoms in total. The van der Waals surface area contributed by atoms with Gasteiger partial charge in [-0.2, -0.15) is 0 Å². The first-order valence-corrected chi connectivity index (χ1v) is 11.8. The second-order valence-corrected chi connectivity index (χ2v) is 8.82. The Bertz CT molecular complexity index is 1300. The Labute approximate surface area is 214 Å². The molecule has 0 spiro atoms. The zero-order valence-electron chi connectivity index (χ0n) is 18.8. The fraction of sp³-hybridized carbons (Fsp3) is 0.107. The lowest BCUT2D eigenvalue weighted by atomic mass is 10.1. The van der Waals surface area contributed by atoms with Crippen molar-refractivity contribution in [1.29, 1.82) is 0 Å². The molecule has 176 valence electrons. The molecule has 0 aliphatic carbocycles. The van der Waals surface area contributed by atoms with Crippen LogP contribution in [0.5, 0.6) is 0 Å². The molecule has 0 aliphatic rings. The number of aromatic nitrogens is 1. The van der Waals surface area contributed by atoms with Crippen LogP contribution in [0, 0.1) is 0 Å². The first kappa shape index (κ1) is 24.5. The van der Waals surface area contributed by atoms with Crippen molar-refractivity contribution in [3.8, 4) is 0 Å². The van der Waals surface area contributed by atoms with E-state index in [0.717, 1.165) is 16.7 Å². The molecule has 0 unspecified atom stereocenters. The van der Waals surface area contributed by atoms with Gasteiger partial charge in [-0.1, -0.05) is 65.7 Å². The van der Waals surface area contributed by atoms with E-state index in [0.29, 0.717) is 34.4 Å². The van der Waals surface area contributed by atoms with Gasteiger partial charge in [0, 0.05) is 29.6 Å². The zero-order valence-corrected chi connectivity index (χ0v) is 20.3. The Morgan fingerprint density at radius 1 is 0.800 bits per heavy atom. The summed E-state index contributed by atoms with van der Waals surface area (Å²) in [7, 11) is 0. The van der Waals surface area contributed by atoms with Gasteiger partial charge in [-0.05, 0) is 59.2 Å². The molecule has 1 aromatic heterocycles. The van der Waals surface area contributed by atoms with E-state index < -0.39 is 0 Å². The normalized spacial score (nSPS) is 10.6. The Hall–Kier alpha value is -3.67. The molecule has 1 heterocycles. The number of benzene rings is 3. The number of carbonyl (C=O) groups is 2. The van der Waals surface area contributed by atoms with Crippen LogP contribution in [0.1, 0.15) is 27.0 Å². The van der Waals surface area contributed by atoms with Crippen LogP contribution in [0.2, 0.25) is 10.0 Å². The standard InChI is InChI=1S/C28H23Cl2N3O2/c29-23-8-11-25(26(30)17-23)28(35)33(19-22-4-2-1-3-5-22)24-9-6-20(7-10-24)16-27(34)32-18-21-12-14-31-15-13-21/h1-15,17H,16,18-19H2,(H,32,34). The predicted molar refractivity (Wildman–Crippen MR) is 140 cm³/mol. The third-order valence-electron chi connectivity index (χ3n) is 5.44. The number of hydrogen-bond acceptors (Lipinski definition) is 3. The number of nitrogens with zero attached hydrogens (tertiary/aromatic N) is 2. The zero-order chi connectivity index (χ0) is 24.6. The molecule has 2 amide bonds. The Kier molecular flexibility index (Phi) is 8.14. The van der Waals surface area contributed by atoms with Crippen molar-refractivity contribution in [2.75, 3.05) is 4.90 Å². The summed E-state index contributed by atoms with van der Waals surface area (Å²) in [6, 6.07) is 25.7. The minimum Gasteiger partial charge on any atom is -0.352 e. The van der Waals surface area contributed by atoms with Gasteiger partial charge in [0.15, 0.2) is 0 Å². The average molecular weight is 504 g/mol. The van der Waals surface area contributed by atoms with E-state index in [2.05, 4.69) is 10.3 Å². The van der Waals surface area contributed by atoms with Crippen molar-refractivity contribution in [1.82, 2.24) is 10.3 Å². The number of halogens is 2. The number of amides is 2. The monoisotopic (exact) mass is 503 g/mol. The molecule has 3 aromatic carbocycles. The van der Waals surface area contributed by atoms with Gasteiger partial charge < -0.3 is 10.2 Å². The van der Waals surface area contributed by atoms with Gasteiger partial charge in [-0.15, -0.1) is 0 Å². The number of pyridine rings is 1. The second kappa shape index (κ2) is 11.6. The fourth-order valence-electron chi connectivity index (χ4n) is 3.60. The molecule has 1 N–H and O–H groups in total. The molecule has 0 fully saturated rings. The molecule has 0 radical (unpaired) electrons. The van der Waals surface area contributed by atoms with Crippen molar-refractivity contribution in [3.05, 3.63) is 130 Å². The minimum absolute atomic E-state index is 0.0836. The molecule has 0 bridgehead atoms. The summed E-state index contributed by atoms with van der Waals surface area (Å²) in [5.74, 6) is -0.321. The third kappa shape index (κ3) is 6.69. The van der Waals surface area contributed by atoms with E-state index >= 15 is 0 Å². The first-order valence-electron chi connectivity index (χ1n) is 11.0. The molecule has 35 heavy (non-hydrogen) atoms. The highest BCUT2D eigenvalue weighted by atomic mass is 35.5. The summed E-state index contributed by atoms with van der Waals surface area (Å²) < 4.78 is 0. The van der Waals surface area contributed by atoms with Crippen molar-refractivity contribution in [3.63, 3.8) is 0 Å². The topological polar surface area (TPSA) is 62.3 Å². The summed E-state index contributed by atoms with van der Waals surface area (Å²) in [4.78, 5) is 31.5. The molecular weight excluding hydrogens is 481 g/mol. The van der Waals surface area contributed by atoms with Crippen LogP contribution >= 0.6 is 23.2 Å². The lowest BCUT2D eigenvalue weighted by Gasteiger charge is -2.24. The van der Waals surface area contributed by atoms with Crippen LogP contribution < -0.4 is 10.2 Å². The lowest BCUT2D eigenvalue weighted by Crippen LogP contribution is -2.30. The van der Waals surface area contributed by atoms with Gasteiger partial charge in [0.25, 0.3) is 5.91 Å². The van der Waals surface area contributed by atoms with Crippen molar-refractivity contribution in [2.45, 2.75) is 19.5 Å². The van der Waals surface area contributed by atoms with Gasteiger partial charge in [-0.3, -0.25) is 14.6 Å². The van der Waals surface area contributed by atoms with E-state index in [4.69, 9.17) is 23.2 Å². The van der Waals surface area contributed by atoms with Gasteiger partial charge in [0.1, 0.15) is 0 Å². The largest absolute Gasteiger partial charge is 0.352 e. The highest BCUT2D eigenvalue weighted by molar-refractivity contribution is 6.37. The summed E-state index contributed by atoms with van der Waals surface area (Å²) in [5.41, 5.74) is 3.88. The maximum Gasteiger partial charge on any atom is 0.260 e. The van der Waals surface area contributed by atoms with Gasteiger partial charge in [0.05, 0.1) is 23.6 Å². The van der Waals surface area contributed by atoms with E-state index in [1.165, 1.54) is 0 Å². The Morgan fingerprint density at radius 2 is 1.51 bits per heavy atom. The van der Waals surface area contributed by atoms with Crippen LogP contribution in [0.15, 0.2) is 97.3 Å².